The molecule has 0 aromatic rings. The molecule has 5 heteroatoms. The summed E-state index contributed by atoms with van der Waals surface area (Å²) in [6.07, 6.45) is 55.2. The van der Waals surface area contributed by atoms with Crippen molar-refractivity contribution in [3.8, 4) is 0 Å². The molecule has 0 saturated carbocycles. The molecule has 0 heterocycles. The lowest BCUT2D eigenvalue weighted by atomic mass is 10.0. The van der Waals surface area contributed by atoms with Gasteiger partial charge in [0.1, 0.15) is 0 Å². The van der Waals surface area contributed by atoms with Crippen molar-refractivity contribution in [2.24, 2.45) is 0 Å². The number of carbonyl (C=O) groups excluding carboxylic acids is 1. The van der Waals surface area contributed by atoms with Crippen LogP contribution in [0.2, 0.25) is 0 Å². The van der Waals surface area contributed by atoms with E-state index in [2.05, 4.69) is 19.2 Å². The minimum absolute atomic E-state index is 0.0434. The van der Waals surface area contributed by atoms with Gasteiger partial charge in [-0.15, -0.1) is 0 Å². The summed E-state index contributed by atoms with van der Waals surface area (Å²) in [6.45, 7) is 4.30. The van der Waals surface area contributed by atoms with Crippen LogP contribution < -0.4 is 5.32 Å². The summed E-state index contributed by atoms with van der Waals surface area (Å²) in [5.74, 6) is -0.275. The molecule has 0 aromatic heterocycles. The summed E-state index contributed by atoms with van der Waals surface area (Å²) in [5.41, 5.74) is 0. The fourth-order valence-electron chi connectivity index (χ4n) is 8.47. The number of hydrogen-bond acceptors (Lipinski definition) is 4. The fraction of sp³-hybridized carbons (Fsp3) is 0.980. The van der Waals surface area contributed by atoms with E-state index >= 15 is 0 Å². The zero-order valence-corrected chi connectivity index (χ0v) is 38.3. The Morgan fingerprint density at radius 2 is 0.607 bits per heavy atom. The Labute approximate surface area is 351 Å². The average Bonchev–Trinajstić information content (AvgIpc) is 3.19. The van der Waals surface area contributed by atoms with Gasteiger partial charge in [0.25, 0.3) is 0 Å². The summed E-state index contributed by atoms with van der Waals surface area (Å²) in [5, 5.41) is 33.6. The molecule has 1 amide bonds. The minimum atomic E-state index is -0.744. The van der Waals surface area contributed by atoms with Gasteiger partial charge in [-0.25, -0.2) is 0 Å². The molecule has 0 spiro atoms. The van der Waals surface area contributed by atoms with Crippen LogP contribution in [-0.4, -0.2) is 46.1 Å². The molecule has 5 nitrogen and oxygen atoms in total. The first-order chi connectivity index (χ1) is 27.5. The molecule has 0 aliphatic heterocycles. The second kappa shape index (κ2) is 47.0. The van der Waals surface area contributed by atoms with E-state index in [1.165, 1.54) is 238 Å². The molecule has 0 bridgehead atoms. The Bertz CT molecular complexity index is 747. The van der Waals surface area contributed by atoms with Gasteiger partial charge >= 0.3 is 0 Å². The van der Waals surface area contributed by atoms with Crippen molar-refractivity contribution in [2.75, 3.05) is 6.61 Å². The summed E-state index contributed by atoms with van der Waals surface area (Å²) in [6, 6.07) is -0.653. The van der Waals surface area contributed by atoms with Crippen LogP contribution in [0.1, 0.15) is 296 Å². The highest BCUT2D eigenvalue weighted by Gasteiger charge is 2.21. The Morgan fingerprint density at radius 3 is 0.857 bits per heavy atom. The monoisotopic (exact) mass is 794 g/mol. The third kappa shape index (κ3) is 42.9. The summed E-state index contributed by atoms with van der Waals surface area (Å²) < 4.78 is 0. The van der Waals surface area contributed by atoms with Crippen LogP contribution in [0.4, 0.5) is 0 Å². The number of rotatable bonds is 48. The average molecular weight is 794 g/mol. The van der Waals surface area contributed by atoms with Crippen molar-refractivity contribution >= 4 is 5.91 Å². The molecule has 56 heavy (non-hydrogen) atoms. The van der Waals surface area contributed by atoms with Crippen molar-refractivity contribution in [3.05, 3.63) is 0 Å². The Morgan fingerprint density at radius 1 is 0.375 bits per heavy atom. The topological polar surface area (TPSA) is 89.8 Å². The first-order valence-electron chi connectivity index (χ1n) is 25.8. The van der Waals surface area contributed by atoms with Crippen molar-refractivity contribution in [1.29, 1.82) is 0 Å². The van der Waals surface area contributed by atoms with Gasteiger partial charge in [0, 0.05) is 0 Å². The van der Waals surface area contributed by atoms with Crippen molar-refractivity contribution in [2.45, 2.75) is 315 Å². The van der Waals surface area contributed by atoms with Crippen molar-refractivity contribution in [1.82, 2.24) is 5.32 Å². The normalized spacial score (nSPS) is 13.3. The van der Waals surface area contributed by atoms with Crippen LogP contribution in [0.25, 0.3) is 0 Å². The van der Waals surface area contributed by atoms with E-state index in [-0.39, 0.29) is 18.9 Å². The van der Waals surface area contributed by atoms with E-state index in [1.807, 2.05) is 0 Å². The van der Waals surface area contributed by atoms with Gasteiger partial charge in [-0.1, -0.05) is 277 Å². The van der Waals surface area contributed by atoms with E-state index in [4.69, 9.17) is 0 Å². The van der Waals surface area contributed by atoms with Gasteiger partial charge in [-0.05, 0) is 12.8 Å². The third-order valence-electron chi connectivity index (χ3n) is 12.4. The molecule has 0 aliphatic rings. The summed E-state index contributed by atoms with van der Waals surface area (Å²) in [4.78, 5) is 12.5. The number of unbranched alkanes of at least 4 members (excludes halogenated alkanes) is 39. The highest BCUT2D eigenvalue weighted by molar-refractivity contribution is 5.76. The first kappa shape index (κ1) is 55.4. The standard InChI is InChI=1S/C51H103NO4/c1-3-5-7-9-11-13-15-17-19-21-23-25-26-28-30-32-34-36-38-40-42-44-48(54)46-51(56)52-49(47-53)50(55)45-43-41-39-37-35-33-31-29-27-24-22-20-18-16-14-12-10-8-6-4-2/h48-50,53-55H,3-47H2,1-2H3,(H,52,56). The molecule has 0 aromatic carbocycles. The van der Waals surface area contributed by atoms with Crippen LogP contribution in [0.15, 0.2) is 0 Å². The Hall–Kier alpha value is -0.650. The number of aliphatic hydroxyl groups excluding tert-OH is 3. The van der Waals surface area contributed by atoms with Gasteiger partial charge in [0.05, 0.1) is 31.3 Å². The Balaban J connectivity index is 3.52. The number of nitrogens with one attached hydrogen (secondary N) is 1. The lowest BCUT2D eigenvalue weighted by Gasteiger charge is -2.23. The molecule has 336 valence electrons. The minimum Gasteiger partial charge on any atom is -0.394 e. The van der Waals surface area contributed by atoms with Crippen molar-refractivity contribution in [3.63, 3.8) is 0 Å². The highest BCUT2D eigenvalue weighted by Crippen LogP contribution is 2.18. The second-order valence-corrected chi connectivity index (χ2v) is 18.1. The third-order valence-corrected chi connectivity index (χ3v) is 12.4. The Kier molecular flexibility index (Phi) is 46.5. The molecule has 0 rings (SSSR count). The summed E-state index contributed by atoms with van der Waals surface area (Å²) in [7, 11) is 0. The van der Waals surface area contributed by atoms with E-state index < -0.39 is 18.2 Å². The van der Waals surface area contributed by atoms with Crippen LogP contribution >= 0.6 is 0 Å². The number of hydrogen-bond donors (Lipinski definition) is 4. The highest BCUT2D eigenvalue weighted by atomic mass is 16.3. The molecule has 3 atom stereocenters. The van der Waals surface area contributed by atoms with Gasteiger partial charge in [-0.2, -0.15) is 0 Å². The number of amides is 1. The maximum absolute atomic E-state index is 12.5. The van der Waals surface area contributed by atoms with Crippen LogP contribution in [-0.2, 0) is 4.79 Å². The number of aliphatic hydroxyl groups is 3. The smallest absolute Gasteiger partial charge is 0.222 e. The van der Waals surface area contributed by atoms with Crippen molar-refractivity contribution < 1.29 is 20.1 Å². The van der Waals surface area contributed by atoms with E-state index in [0.29, 0.717) is 12.8 Å². The maximum atomic E-state index is 12.5. The maximum Gasteiger partial charge on any atom is 0.222 e. The molecule has 3 unspecified atom stereocenters. The molecule has 0 saturated heterocycles. The van der Waals surface area contributed by atoms with Crippen LogP contribution in [0, 0.1) is 0 Å². The quantitative estimate of drug-likeness (QED) is 0.0462. The van der Waals surface area contributed by atoms with E-state index in [9.17, 15) is 20.1 Å². The molecule has 0 radical (unpaired) electrons. The predicted octanol–water partition coefficient (Wildman–Crippen LogP) is 15.4. The first-order valence-corrected chi connectivity index (χ1v) is 25.8. The number of carbonyl (C=O) groups is 1. The van der Waals surface area contributed by atoms with Gasteiger partial charge in [-0.3, -0.25) is 4.79 Å². The lowest BCUT2D eigenvalue weighted by Crippen LogP contribution is -2.46. The molecule has 0 aliphatic carbocycles. The zero-order chi connectivity index (χ0) is 40.8. The predicted molar refractivity (Wildman–Crippen MR) is 246 cm³/mol. The molecule has 4 N–H and O–H groups in total. The van der Waals surface area contributed by atoms with E-state index in [1.54, 1.807) is 0 Å². The zero-order valence-electron chi connectivity index (χ0n) is 38.3. The van der Waals surface area contributed by atoms with Gasteiger partial charge < -0.3 is 20.6 Å². The molecule has 0 fully saturated rings. The molecular formula is C51H103NO4. The van der Waals surface area contributed by atoms with E-state index in [0.717, 1.165) is 25.7 Å². The fourth-order valence-corrected chi connectivity index (χ4v) is 8.47. The second-order valence-electron chi connectivity index (χ2n) is 18.1. The van der Waals surface area contributed by atoms with Gasteiger partial charge in [0.2, 0.25) is 5.91 Å². The van der Waals surface area contributed by atoms with Crippen LogP contribution in [0.5, 0.6) is 0 Å². The SMILES string of the molecule is CCCCCCCCCCCCCCCCCCCCCCCC(O)CC(=O)NC(CO)C(O)CCCCCCCCCCCCCCCCCCCCCC. The lowest BCUT2D eigenvalue weighted by molar-refractivity contribution is -0.125. The van der Waals surface area contributed by atoms with Crippen LogP contribution in [0.3, 0.4) is 0 Å². The molecular weight excluding hydrogens is 691 g/mol. The summed E-state index contributed by atoms with van der Waals surface area (Å²) >= 11 is 0. The van der Waals surface area contributed by atoms with Gasteiger partial charge in [0.15, 0.2) is 0 Å². The largest absolute Gasteiger partial charge is 0.394 e.